The summed E-state index contributed by atoms with van der Waals surface area (Å²) >= 11 is 0.907. The first kappa shape index (κ1) is 16.9. The number of nitro groups is 1. The Balaban J connectivity index is 3.16. The molecule has 0 spiro atoms. The zero-order chi connectivity index (χ0) is 15.3. The molecule has 0 saturated carbocycles. The SMILES string of the molecule is CCCNc1sc(S(=O)(=O)N(C)CCC)cc1[N+](=O)[O-]. The zero-order valence-corrected chi connectivity index (χ0v) is 13.4. The van der Waals surface area contributed by atoms with Crippen LogP contribution in [-0.4, -0.2) is 37.8 Å². The maximum Gasteiger partial charge on any atom is 0.304 e. The van der Waals surface area contributed by atoms with Crippen LogP contribution >= 0.6 is 11.3 Å². The van der Waals surface area contributed by atoms with Crippen molar-refractivity contribution in [3.8, 4) is 0 Å². The Hall–Kier alpha value is -1.19. The molecule has 7 nitrogen and oxygen atoms in total. The van der Waals surface area contributed by atoms with E-state index >= 15 is 0 Å². The van der Waals surface area contributed by atoms with Crippen LogP contribution in [0.25, 0.3) is 0 Å². The number of anilines is 1. The molecule has 0 fully saturated rings. The lowest BCUT2D eigenvalue weighted by Gasteiger charge is -2.14. The first-order valence-corrected chi connectivity index (χ1v) is 8.58. The lowest BCUT2D eigenvalue weighted by molar-refractivity contribution is -0.383. The van der Waals surface area contributed by atoms with Gasteiger partial charge in [-0.25, -0.2) is 12.7 Å². The molecule has 0 radical (unpaired) electrons. The molecule has 0 aliphatic carbocycles. The van der Waals surface area contributed by atoms with Gasteiger partial charge in [0.05, 0.1) is 4.92 Å². The van der Waals surface area contributed by atoms with E-state index in [4.69, 9.17) is 0 Å². The molecule has 20 heavy (non-hydrogen) atoms. The number of hydrogen-bond acceptors (Lipinski definition) is 6. The van der Waals surface area contributed by atoms with Gasteiger partial charge in [0.15, 0.2) is 5.00 Å². The van der Waals surface area contributed by atoms with E-state index in [1.165, 1.54) is 11.4 Å². The third kappa shape index (κ3) is 3.68. The van der Waals surface area contributed by atoms with Crippen molar-refractivity contribution in [2.75, 3.05) is 25.5 Å². The minimum Gasteiger partial charge on any atom is -0.371 e. The van der Waals surface area contributed by atoms with E-state index in [9.17, 15) is 18.5 Å². The minimum absolute atomic E-state index is 0.00115. The summed E-state index contributed by atoms with van der Waals surface area (Å²) in [5, 5.41) is 14.2. The van der Waals surface area contributed by atoms with Crippen molar-refractivity contribution < 1.29 is 13.3 Å². The average molecular weight is 321 g/mol. The molecule has 0 atom stereocenters. The molecular weight excluding hydrogens is 302 g/mol. The van der Waals surface area contributed by atoms with Gasteiger partial charge in [0.1, 0.15) is 4.21 Å². The molecule has 1 N–H and O–H groups in total. The van der Waals surface area contributed by atoms with Crippen molar-refractivity contribution in [2.45, 2.75) is 30.9 Å². The van der Waals surface area contributed by atoms with E-state index in [-0.39, 0.29) is 9.90 Å². The molecule has 0 aliphatic rings. The van der Waals surface area contributed by atoms with Crippen LogP contribution in [0.1, 0.15) is 26.7 Å². The Labute approximate surface area is 122 Å². The molecule has 0 amide bonds. The molecule has 114 valence electrons. The molecule has 1 aromatic rings. The number of nitrogens with zero attached hydrogens (tertiary/aromatic N) is 2. The van der Waals surface area contributed by atoms with Gasteiger partial charge >= 0.3 is 5.69 Å². The summed E-state index contributed by atoms with van der Waals surface area (Å²) < 4.78 is 25.8. The van der Waals surface area contributed by atoms with Crippen molar-refractivity contribution in [1.29, 1.82) is 0 Å². The zero-order valence-electron chi connectivity index (χ0n) is 11.7. The van der Waals surface area contributed by atoms with Crippen molar-refractivity contribution in [3.05, 3.63) is 16.2 Å². The Bertz CT molecular complexity index is 568. The van der Waals surface area contributed by atoms with E-state index in [0.717, 1.165) is 23.8 Å². The van der Waals surface area contributed by atoms with Crippen LogP contribution in [0.4, 0.5) is 10.7 Å². The van der Waals surface area contributed by atoms with E-state index < -0.39 is 14.9 Å². The summed E-state index contributed by atoms with van der Waals surface area (Å²) in [6.45, 7) is 4.74. The summed E-state index contributed by atoms with van der Waals surface area (Å²) in [4.78, 5) is 10.4. The van der Waals surface area contributed by atoms with Gasteiger partial charge in [-0.05, 0) is 12.8 Å². The predicted molar refractivity (Wildman–Crippen MR) is 79.9 cm³/mol. The number of thiophene rings is 1. The van der Waals surface area contributed by atoms with Crippen molar-refractivity contribution in [1.82, 2.24) is 4.31 Å². The van der Waals surface area contributed by atoms with Crippen LogP contribution in [0.2, 0.25) is 0 Å². The lowest BCUT2D eigenvalue weighted by atomic mass is 10.4. The van der Waals surface area contributed by atoms with Gasteiger partial charge in [-0.15, -0.1) is 0 Å². The van der Waals surface area contributed by atoms with Crippen LogP contribution in [0, 0.1) is 10.1 Å². The summed E-state index contributed by atoms with van der Waals surface area (Å²) in [6, 6.07) is 1.13. The van der Waals surface area contributed by atoms with Crippen molar-refractivity contribution in [3.63, 3.8) is 0 Å². The second-order valence-corrected chi connectivity index (χ2v) is 7.61. The van der Waals surface area contributed by atoms with Gasteiger partial charge in [0.2, 0.25) is 0 Å². The van der Waals surface area contributed by atoms with Crippen LogP contribution in [0.15, 0.2) is 10.3 Å². The highest BCUT2D eigenvalue weighted by Crippen LogP contribution is 2.37. The molecule has 1 aromatic heterocycles. The molecule has 0 unspecified atom stereocenters. The number of sulfonamides is 1. The third-order valence-corrected chi connectivity index (χ3v) is 6.01. The van der Waals surface area contributed by atoms with E-state index in [0.29, 0.717) is 24.5 Å². The van der Waals surface area contributed by atoms with E-state index in [2.05, 4.69) is 5.32 Å². The predicted octanol–water partition coefficient (Wildman–Crippen LogP) is 2.51. The Morgan fingerprint density at radius 3 is 2.55 bits per heavy atom. The maximum absolute atomic E-state index is 12.3. The van der Waals surface area contributed by atoms with Crippen molar-refractivity contribution >= 4 is 32.0 Å². The third-order valence-electron chi connectivity index (χ3n) is 2.63. The largest absolute Gasteiger partial charge is 0.371 e. The topological polar surface area (TPSA) is 92.6 Å². The Kier molecular flexibility index (Phi) is 5.90. The first-order chi connectivity index (χ1) is 9.34. The lowest BCUT2D eigenvalue weighted by Crippen LogP contribution is -2.26. The van der Waals surface area contributed by atoms with Gasteiger partial charge in [0, 0.05) is 26.2 Å². The molecule has 1 heterocycles. The first-order valence-electron chi connectivity index (χ1n) is 6.33. The van der Waals surface area contributed by atoms with E-state index in [1.54, 1.807) is 0 Å². The molecular formula is C11H19N3O4S2. The van der Waals surface area contributed by atoms with Crippen LogP contribution in [-0.2, 0) is 10.0 Å². The molecule has 0 aliphatic heterocycles. The summed E-state index contributed by atoms with van der Waals surface area (Å²) in [5.41, 5.74) is -0.188. The standard InChI is InChI=1S/C11H19N3O4S2/c1-4-6-12-11-9(14(15)16)8-10(19-11)20(17,18)13(3)7-5-2/h8,12H,4-7H2,1-3H3. The fraction of sp³-hybridized carbons (Fsp3) is 0.636. The monoisotopic (exact) mass is 321 g/mol. The molecule has 9 heteroatoms. The quantitative estimate of drug-likeness (QED) is 0.586. The fourth-order valence-corrected chi connectivity index (χ4v) is 4.40. The Morgan fingerprint density at radius 1 is 1.40 bits per heavy atom. The minimum atomic E-state index is -3.65. The second kappa shape index (κ2) is 7.00. The molecule has 0 bridgehead atoms. The summed E-state index contributed by atoms with van der Waals surface area (Å²) in [5.74, 6) is 0. The highest BCUT2D eigenvalue weighted by molar-refractivity contribution is 7.91. The smallest absolute Gasteiger partial charge is 0.304 e. The number of nitrogens with one attached hydrogen (secondary N) is 1. The van der Waals surface area contributed by atoms with Crippen LogP contribution in [0.3, 0.4) is 0 Å². The average Bonchev–Trinajstić information content (AvgIpc) is 2.81. The molecule has 0 saturated heterocycles. The second-order valence-electron chi connectivity index (χ2n) is 4.29. The fourth-order valence-electron chi connectivity index (χ4n) is 1.58. The van der Waals surface area contributed by atoms with Crippen molar-refractivity contribution in [2.24, 2.45) is 0 Å². The molecule has 0 aromatic carbocycles. The Morgan fingerprint density at radius 2 is 2.05 bits per heavy atom. The molecule has 1 rings (SSSR count). The summed E-state index contributed by atoms with van der Waals surface area (Å²) in [7, 11) is -2.18. The van der Waals surface area contributed by atoms with E-state index in [1.807, 2.05) is 13.8 Å². The number of hydrogen-bond donors (Lipinski definition) is 1. The van der Waals surface area contributed by atoms with Crippen LogP contribution in [0.5, 0.6) is 0 Å². The highest BCUT2D eigenvalue weighted by Gasteiger charge is 2.28. The van der Waals surface area contributed by atoms with Gasteiger partial charge in [0.25, 0.3) is 10.0 Å². The van der Waals surface area contributed by atoms with Gasteiger partial charge in [-0.3, -0.25) is 10.1 Å². The van der Waals surface area contributed by atoms with Gasteiger partial charge in [-0.1, -0.05) is 25.2 Å². The highest BCUT2D eigenvalue weighted by atomic mass is 32.2. The maximum atomic E-state index is 12.3. The normalized spacial score (nSPS) is 11.8. The van der Waals surface area contributed by atoms with Crippen LogP contribution < -0.4 is 5.32 Å². The van der Waals surface area contributed by atoms with Gasteiger partial charge < -0.3 is 5.32 Å². The number of rotatable bonds is 8. The summed E-state index contributed by atoms with van der Waals surface area (Å²) in [6.07, 6.45) is 1.48. The van der Waals surface area contributed by atoms with Gasteiger partial charge in [-0.2, -0.15) is 0 Å².